The molecule has 1 aromatic carbocycles. The van der Waals surface area contributed by atoms with Crippen LogP contribution in [0.3, 0.4) is 0 Å². The Morgan fingerprint density at radius 3 is 2.77 bits per heavy atom. The molecule has 0 saturated heterocycles. The summed E-state index contributed by atoms with van der Waals surface area (Å²) in [6.07, 6.45) is 4.03. The number of carbonyl (C=O) groups is 1. The van der Waals surface area contributed by atoms with Crippen LogP contribution in [0.15, 0.2) is 59.0 Å². The molecule has 3 heterocycles. The molecule has 0 unspecified atom stereocenters. The van der Waals surface area contributed by atoms with Crippen molar-refractivity contribution >= 4 is 22.9 Å². The molecule has 4 aromatic rings. The number of benzene rings is 1. The summed E-state index contributed by atoms with van der Waals surface area (Å²) in [5.41, 5.74) is -0.210. The van der Waals surface area contributed by atoms with Gasteiger partial charge in [0.05, 0.1) is 12.2 Å². The summed E-state index contributed by atoms with van der Waals surface area (Å²) in [6, 6.07) is 9.73. The van der Waals surface area contributed by atoms with Gasteiger partial charge in [-0.3, -0.25) is 18.6 Å². The number of hydrogen-bond acceptors (Lipinski definition) is 5. The molecule has 1 N–H and O–H groups in total. The molecule has 0 aliphatic rings. The van der Waals surface area contributed by atoms with Gasteiger partial charge in [0.15, 0.2) is 0 Å². The van der Waals surface area contributed by atoms with Gasteiger partial charge in [-0.2, -0.15) is 0 Å². The van der Waals surface area contributed by atoms with Crippen LogP contribution in [0.4, 0.5) is 4.39 Å². The molecule has 0 fully saturated rings. The first-order valence-electron chi connectivity index (χ1n) is 9.83. The largest absolute Gasteiger partial charge is 0.351 e. The Morgan fingerprint density at radius 1 is 1.19 bits per heavy atom. The SMILES string of the molecule is CC(C)(CC(=O)NCc1cccs1)Cc1nnc2c(=O)n(-c3cccc(F)c3)ccn12. The van der Waals surface area contributed by atoms with Crippen molar-refractivity contribution in [2.45, 2.75) is 33.2 Å². The molecule has 160 valence electrons. The van der Waals surface area contributed by atoms with Crippen molar-refractivity contribution in [1.82, 2.24) is 24.5 Å². The van der Waals surface area contributed by atoms with Crippen molar-refractivity contribution in [3.63, 3.8) is 0 Å². The number of halogens is 1. The fraction of sp³-hybridized carbons (Fsp3) is 0.273. The number of hydrogen-bond donors (Lipinski definition) is 1. The van der Waals surface area contributed by atoms with Crippen molar-refractivity contribution in [1.29, 1.82) is 0 Å². The summed E-state index contributed by atoms with van der Waals surface area (Å²) in [5.74, 6) is 0.126. The van der Waals surface area contributed by atoms with E-state index < -0.39 is 11.4 Å². The monoisotopic (exact) mass is 439 g/mol. The summed E-state index contributed by atoms with van der Waals surface area (Å²) in [6.45, 7) is 4.47. The topological polar surface area (TPSA) is 81.3 Å². The van der Waals surface area contributed by atoms with Crippen LogP contribution in [0.25, 0.3) is 11.3 Å². The average Bonchev–Trinajstić information content (AvgIpc) is 3.37. The predicted octanol–water partition coefficient (Wildman–Crippen LogP) is 3.36. The zero-order valence-corrected chi connectivity index (χ0v) is 18.0. The molecule has 0 aliphatic carbocycles. The van der Waals surface area contributed by atoms with Crippen molar-refractivity contribution in [3.8, 4) is 5.69 Å². The van der Waals surface area contributed by atoms with Crippen LogP contribution in [-0.2, 0) is 17.8 Å². The number of aromatic nitrogens is 4. The maximum atomic E-state index is 13.5. The first-order valence-corrected chi connectivity index (χ1v) is 10.7. The number of nitrogens with zero attached hydrogens (tertiary/aromatic N) is 4. The lowest BCUT2D eigenvalue weighted by Crippen LogP contribution is -2.30. The maximum Gasteiger partial charge on any atom is 0.300 e. The predicted molar refractivity (Wildman–Crippen MR) is 117 cm³/mol. The Balaban J connectivity index is 1.51. The van der Waals surface area contributed by atoms with Crippen LogP contribution >= 0.6 is 11.3 Å². The van der Waals surface area contributed by atoms with Gasteiger partial charge >= 0.3 is 5.56 Å². The number of carbonyl (C=O) groups excluding carboxylic acids is 1. The Bertz CT molecular complexity index is 1280. The molecule has 0 spiro atoms. The lowest BCUT2D eigenvalue weighted by Gasteiger charge is -2.23. The molecular weight excluding hydrogens is 417 g/mol. The second kappa shape index (κ2) is 8.43. The molecule has 31 heavy (non-hydrogen) atoms. The average molecular weight is 440 g/mol. The summed E-state index contributed by atoms with van der Waals surface area (Å²) < 4.78 is 16.5. The number of rotatable bonds is 7. The fourth-order valence-electron chi connectivity index (χ4n) is 3.47. The van der Waals surface area contributed by atoms with E-state index in [1.807, 2.05) is 31.4 Å². The van der Waals surface area contributed by atoms with E-state index in [4.69, 9.17) is 0 Å². The second-order valence-corrected chi connectivity index (χ2v) is 9.17. The van der Waals surface area contributed by atoms with Crippen LogP contribution in [0, 0.1) is 11.2 Å². The van der Waals surface area contributed by atoms with Gasteiger partial charge in [-0.25, -0.2) is 4.39 Å². The first-order chi connectivity index (χ1) is 14.8. The minimum Gasteiger partial charge on any atom is -0.351 e. The molecule has 1 amide bonds. The summed E-state index contributed by atoms with van der Waals surface area (Å²) in [7, 11) is 0. The number of fused-ring (bicyclic) bond motifs is 1. The van der Waals surface area contributed by atoms with E-state index >= 15 is 0 Å². The third-order valence-electron chi connectivity index (χ3n) is 4.94. The Labute approximate surface area is 182 Å². The summed E-state index contributed by atoms with van der Waals surface area (Å²) in [4.78, 5) is 26.3. The Morgan fingerprint density at radius 2 is 2.03 bits per heavy atom. The summed E-state index contributed by atoms with van der Waals surface area (Å²) >= 11 is 1.60. The van der Waals surface area contributed by atoms with Crippen LogP contribution in [0.2, 0.25) is 0 Å². The lowest BCUT2D eigenvalue weighted by atomic mass is 9.85. The van der Waals surface area contributed by atoms with Crippen molar-refractivity contribution in [2.75, 3.05) is 0 Å². The zero-order chi connectivity index (χ0) is 22.0. The van der Waals surface area contributed by atoms with Gasteiger partial charge < -0.3 is 5.32 Å². The molecule has 9 heteroatoms. The lowest BCUT2D eigenvalue weighted by molar-refractivity contribution is -0.123. The maximum absolute atomic E-state index is 13.5. The van der Waals surface area contributed by atoms with E-state index in [1.165, 1.54) is 16.7 Å². The highest BCUT2D eigenvalue weighted by Crippen LogP contribution is 2.25. The number of thiophene rings is 1. The molecule has 7 nitrogen and oxygen atoms in total. The zero-order valence-electron chi connectivity index (χ0n) is 17.2. The molecule has 0 radical (unpaired) electrons. The molecule has 3 aromatic heterocycles. The van der Waals surface area contributed by atoms with Gasteiger partial charge in [0.25, 0.3) is 0 Å². The van der Waals surface area contributed by atoms with Gasteiger partial charge in [0.1, 0.15) is 11.6 Å². The van der Waals surface area contributed by atoms with Gasteiger partial charge in [0.2, 0.25) is 11.6 Å². The van der Waals surface area contributed by atoms with Gasteiger partial charge in [-0.15, -0.1) is 21.5 Å². The molecule has 0 atom stereocenters. The normalized spacial score (nSPS) is 11.7. The smallest absolute Gasteiger partial charge is 0.300 e. The van der Waals surface area contributed by atoms with Crippen molar-refractivity contribution in [3.05, 3.63) is 81.0 Å². The van der Waals surface area contributed by atoms with Gasteiger partial charge in [-0.05, 0) is 35.1 Å². The third kappa shape index (κ3) is 4.72. The second-order valence-electron chi connectivity index (χ2n) is 8.14. The molecule has 4 rings (SSSR count). The minimum atomic E-state index is -0.425. The van der Waals surface area contributed by atoms with E-state index in [-0.39, 0.29) is 17.0 Å². The third-order valence-corrected chi connectivity index (χ3v) is 5.82. The highest BCUT2D eigenvalue weighted by Gasteiger charge is 2.25. The standard InChI is InChI=1S/C22H22FN5O2S/c1-22(2,13-19(29)24-14-17-7-4-10-31-17)12-18-25-26-20-21(30)27(8-9-28(18)20)16-6-3-5-15(23)11-16/h3-11H,12-14H2,1-2H3,(H,24,29). The van der Waals surface area contributed by atoms with Crippen molar-refractivity contribution < 1.29 is 9.18 Å². The number of nitrogens with one attached hydrogen (secondary N) is 1. The van der Waals surface area contributed by atoms with Crippen LogP contribution in [-0.4, -0.2) is 25.1 Å². The molecule has 0 bridgehead atoms. The van der Waals surface area contributed by atoms with E-state index in [0.29, 0.717) is 30.9 Å². The van der Waals surface area contributed by atoms with E-state index in [0.717, 1.165) is 4.88 Å². The van der Waals surface area contributed by atoms with Crippen LogP contribution < -0.4 is 10.9 Å². The minimum absolute atomic E-state index is 0.0410. The molecule has 0 saturated carbocycles. The molecule has 0 aliphatic heterocycles. The highest BCUT2D eigenvalue weighted by molar-refractivity contribution is 7.09. The first kappa shape index (κ1) is 20.9. The van der Waals surface area contributed by atoms with Crippen LogP contribution in [0.5, 0.6) is 0 Å². The Kier molecular flexibility index (Phi) is 5.69. The fourth-order valence-corrected chi connectivity index (χ4v) is 4.12. The van der Waals surface area contributed by atoms with Crippen molar-refractivity contribution in [2.24, 2.45) is 5.41 Å². The Hall–Kier alpha value is -3.33. The van der Waals surface area contributed by atoms with Crippen LogP contribution in [0.1, 0.15) is 31.0 Å². The van der Waals surface area contributed by atoms with Gasteiger partial charge in [0, 0.05) is 30.1 Å². The quantitative estimate of drug-likeness (QED) is 0.479. The number of amides is 1. The molecular formula is C22H22FN5O2S. The summed E-state index contributed by atoms with van der Waals surface area (Å²) in [5, 5.41) is 13.1. The highest BCUT2D eigenvalue weighted by atomic mass is 32.1. The van der Waals surface area contributed by atoms with E-state index in [1.54, 1.807) is 40.3 Å². The van der Waals surface area contributed by atoms with E-state index in [9.17, 15) is 14.0 Å². The van der Waals surface area contributed by atoms with E-state index in [2.05, 4.69) is 15.5 Å². The van der Waals surface area contributed by atoms with Gasteiger partial charge in [-0.1, -0.05) is 26.0 Å².